The third-order valence-corrected chi connectivity index (χ3v) is 2.24. The number of nitrogens with zero attached hydrogens (tertiary/aromatic N) is 1. The van der Waals surface area contributed by atoms with E-state index < -0.39 is 5.91 Å². The number of hydrogen-bond acceptors (Lipinski definition) is 4. The number of anilines is 1. The van der Waals surface area contributed by atoms with Crippen molar-refractivity contribution in [3.05, 3.63) is 41.3 Å². The minimum atomic E-state index is -0.451. The van der Waals surface area contributed by atoms with E-state index in [-0.39, 0.29) is 17.3 Å². The van der Waals surface area contributed by atoms with Gasteiger partial charge in [-0.1, -0.05) is 11.6 Å². The number of benzene rings is 1. The van der Waals surface area contributed by atoms with Crippen LogP contribution in [0.1, 0.15) is 21.6 Å². The van der Waals surface area contributed by atoms with Gasteiger partial charge in [-0.3, -0.25) is 10.1 Å². The number of rotatable bonds is 2. The first kappa shape index (κ1) is 11.2. The minimum absolute atomic E-state index is 0.0728. The Bertz CT molecular complexity index is 561. The molecule has 0 radical (unpaired) electrons. The van der Waals surface area contributed by atoms with Crippen LogP contribution in [0.25, 0.3) is 0 Å². The van der Waals surface area contributed by atoms with Crippen LogP contribution in [0.4, 0.5) is 6.01 Å². The molecule has 0 spiro atoms. The predicted molar refractivity (Wildman–Crippen MR) is 62.0 cm³/mol. The topological polar surface area (TPSA) is 75.4 Å². The van der Waals surface area contributed by atoms with Crippen molar-refractivity contribution in [2.24, 2.45) is 0 Å². The highest BCUT2D eigenvalue weighted by Crippen LogP contribution is 2.19. The molecule has 0 saturated heterocycles. The standard InChI is InChI=1S/C12H12N2O3/c1-7-3-4-10(15)9(5-7)11(16)14-12-13-8(2)6-17-12/h3-6,15H,1-2H3,(H,13,14,16). The smallest absolute Gasteiger partial charge is 0.301 e. The van der Waals surface area contributed by atoms with Crippen molar-refractivity contribution >= 4 is 11.9 Å². The first-order valence-electron chi connectivity index (χ1n) is 5.09. The van der Waals surface area contributed by atoms with Gasteiger partial charge in [-0.2, -0.15) is 4.98 Å². The lowest BCUT2D eigenvalue weighted by Gasteiger charge is -2.04. The van der Waals surface area contributed by atoms with Crippen LogP contribution >= 0.6 is 0 Å². The summed E-state index contributed by atoms with van der Waals surface area (Å²) >= 11 is 0. The zero-order valence-electron chi connectivity index (χ0n) is 9.52. The van der Waals surface area contributed by atoms with Crippen molar-refractivity contribution in [3.63, 3.8) is 0 Å². The first-order chi connectivity index (χ1) is 8.06. The van der Waals surface area contributed by atoms with Crippen molar-refractivity contribution in [3.8, 4) is 5.75 Å². The van der Waals surface area contributed by atoms with Gasteiger partial charge in [0.2, 0.25) is 0 Å². The average Bonchev–Trinajstić information content (AvgIpc) is 2.67. The Hall–Kier alpha value is -2.30. The molecule has 2 rings (SSSR count). The molecule has 88 valence electrons. The number of carbonyl (C=O) groups excluding carboxylic acids is 1. The molecule has 17 heavy (non-hydrogen) atoms. The van der Waals surface area contributed by atoms with Gasteiger partial charge in [-0.05, 0) is 26.0 Å². The molecule has 2 aromatic rings. The van der Waals surface area contributed by atoms with Crippen LogP contribution in [0.5, 0.6) is 5.75 Å². The molecular formula is C12H12N2O3. The van der Waals surface area contributed by atoms with Gasteiger partial charge in [-0.15, -0.1) is 0 Å². The van der Waals surface area contributed by atoms with Crippen LogP contribution in [0.2, 0.25) is 0 Å². The number of nitrogens with one attached hydrogen (secondary N) is 1. The highest BCUT2D eigenvalue weighted by molar-refractivity contribution is 6.05. The van der Waals surface area contributed by atoms with Gasteiger partial charge < -0.3 is 9.52 Å². The zero-order chi connectivity index (χ0) is 12.4. The van der Waals surface area contributed by atoms with Crippen LogP contribution in [-0.4, -0.2) is 16.0 Å². The number of aromatic hydroxyl groups is 1. The molecule has 0 aliphatic rings. The SMILES string of the molecule is Cc1ccc(O)c(C(=O)Nc2nc(C)co2)c1. The molecule has 5 heteroatoms. The number of phenolic OH excluding ortho intramolecular Hbond substituents is 1. The van der Waals surface area contributed by atoms with E-state index in [1.165, 1.54) is 12.3 Å². The molecule has 0 bridgehead atoms. The summed E-state index contributed by atoms with van der Waals surface area (Å²) in [6, 6.07) is 4.92. The Balaban J connectivity index is 2.22. The van der Waals surface area contributed by atoms with E-state index in [9.17, 15) is 9.90 Å². The monoisotopic (exact) mass is 232 g/mol. The number of carbonyl (C=O) groups is 1. The van der Waals surface area contributed by atoms with Crippen LogP contribution in [0, 0.1) is 13.8 Å². The van der Waals surface area contributed by atoms with Crippen molar-refractivity contribution in [2.45, 2.75) is 13.8 Å². The third kappa shape index (κ3) is 2.44. The molecule has 1 aromatic carbocycles. The van der Waals surface area contributed by atoms with E-state index in [1.807, 2.05) is 6.92 Å². The van der Waals surface area contributed by atoms with E-state index in [4.69, 9.17) is 4.42 Å². The number of aryl methyl sites for hydroxylation is 2. The van der Waals surface area contributed by atoms with Crippen LogP contribution in [-0.2, 0) is 0 Å². The molecule has 1 aromatic heterocycles. The normalized spacial score (nSPS) is 10.2. The molecule has 1 heterocycles. The molecule has 1 amide bonds. The van der Waals surface area contributed by atoms with Crippen LogP contribution in [0.3, 0.4) is 0 Å². The maximum atomic E-state index is 11.8. The quantitative estimate of drug-likeness (QED) is 0.832. The molecule has 5 nitrogen and oxygen atoms in total. The van der Waals surface area contributed by atoms with Crippen molar-refractivity contribution in [1.82, 2.24) is 4.98 Å². The van der Waals surface area contributed by atoms with Gasteiger partial charge in [0.05, 0.1) is 11.3 Å². The first-order valence-corrected chi connectivity index (χ1v) is 5.09. The maximum Gasteiger partial charge on any atom is 0.301 e. The summed E-state index contributed by atoms with van der Waals surface area (Å²) in [6.45, 7) is 3.59. The van der Waals surface area contributed by atoms with Gasteiger partial charge in [0.25, 0.3) is 5.91 Å². The summed E-state index contributed by atoms with van der Waals surface area (Å²) in [5, 5.41) is 12.0. The molecule has 0 unspecified atom stereocenters. The Morgan fingerprint density at radius 3 is 2.82 bits per heavy atom. The number of phenols is 1. The highest BCUT2D eigenvalue weighted by Gasteiger charge is 2.13. The highest BCUT2D eigenvalue weighted by atomic mass is 16.4. The molecular weight excluding hydrogens is 220 g/mol. The van der Waals surface area contributed by atoms with Gasteiger partial charge >= 0.3 is 6.01 Å². The molecule has 0 saturated carbocycles. The van der Waals surface area contributed by atoms with Crippen LogP contribution in [0.15, 0.2) is 28.9 Å². The van der Waals surface area contributed by atoms with E-state index in [2.05, 4.69) is 10.3 Å². The second-order valence-electron chi connectivity index (χ2n) is 3.77. The Labute approximate surface area is 98.1 Å². The fourth-order valence-electron chi connectivity index (χ4n) is 1.41. The van der Waals surface area contributed by atoms with Gasteiger partial charge in [0, 0.05) is 0 Å². The van der Waals surface area contributed by atoms with Crippen LogP contribution < -0.4 is 5.32 Å². The number of hydrogen-bond donors (Lipinski definition) is 2. The van der Waals surface area contributed by atoms with Crippen molar-refractivity contribution in [1.29, 1.82) is 0 Å². The lowest BCUT2D eigenvalue weighted by Crippen LogP contribution is -2.12. The average molecular weight is 232 g/mol. The van der Waals surface area contributed by atoms with Gasteiger partial charge in [-0.25, -0.2) is 0 Å². The second kappa shape index (κ2) is 4.29. The zero-order valence-corrected chi connectivity index (χ0v) is 9.52. The summed E-state index contributed by atoms with van der Waals surface area (Å²) < 4.78 is 5.00. The molecule has 0 fully saturated rings. The Morgan fingerprint density at radius 2 is 2.18 bits per heavy atom. The Kier molecular flexibility index (Phi) is 2.82. The molecule has 0 aliphatic heterocycles. The number of amides is 1. The summed E-state index contributed by atoms with van der Waals surface area (Å²) in [5.74, 6) is -0.524. The van der Waals surface area contributed by atoms with E-state index in [0.717, 1.165) is 5.56 Å². The maximum absolute atomic E-state index is 11.8. The van der Waals surface area contributed by atoms with Crippen molar-refractivity contribution in [2.75, 3.05) is 5.32 Å². The van der Waals surface area contributed by atoms with E-state index in [1.54, 1.807) is 19.1 Å². The minimum Gasteiger partial charge on any atom is -0.507 e. The summed E-state index contributed by atoms with van der Waals surface area (Å²) in [7, 11) is 0. The summed E-state index contributed by atoms with van der Waals surface area (Å²) in [5.41, 5.74) is 1.76. The lowest BCUT2D eigenvalue weighted by atomic mass is 10.1. The molecule has 0 aliphatic carbocycles. The fourth-order valence-corrected chi connectivity index (χ4v) is 1.41. The lowest BCUT2D eigenvalue weighted by molar-refractivity contribution is 0.102. The number of aromatic nitrogens is 1. The molecule has 2 N–H and O–H groups in total. The Morgan fingerprint density at radius 1 is 1.41 bits per heavy atom. The van der Waals surface area contributed by atoms with Gasteiger partial charge in [0.1, 0.15) is 12.0 Å². The van der Waals surface area contributed by atoms with Crippen molar-refractivity contribution < 1.29 is 14.3 Å². The van der Waals surface area contributed by atoms with E-state index >= 15 is 0 Å². The summed E-state index contributed by atoms with van der Waals surface area (Å²) in [4.78, 5) is 15.8. The van der Waals surface area contributed by atoms with Gasteiger partial charge in [0.15, 0.2) is 0 Å². The molecule has 0 atom stereocenters. The largest absolute Gasteiger partial charge is 0.507 e. The summed E-state index contributed by atoms with van der Waals surface area (Å²) in [6.07, 6.45) is 1.44. The number of oxazole rings is 1. The predicted octanol–water partition coefficient (Wildman–Crippen LogP) is 2.25. The fraction of sp³-hybridized carbons (Fsp3) is 0.167. The third-order valence-electron chi connectivity index (χ3n) is 2.24. The second-order valence-corrected chi connectivity index (χ2v) is 3.77. The van der Waals surface area contributed by atoms with E-state index in [0.29, 0.717) is 5.69 Å².